The fraction of sp³-hybridized carbons (Fsp3) is 0.889. The standard InChI is InChI=1S/C54H104N6O24S/c1-2-3-4-5-6-7-8-9-10-11-14-85-19-42(48(84)60-54(35-76,36-77)37-78)18-41(47(83)59-53(32-73,33-74)34-75)17-40(46(82)58-52(29-70,30-71)31-72)16-39(45(81)57-51(26-67,27-68)28-69)15-38(44(80)56-50(23-64,24-65)25-66)12-13-43(79)55-49(20-61,21-62)22-63/h38-42,61-78H,2-37H2,1H3,(H,55,79)(H,56,80)(H,57,81)(H,58,82)(H,59,83)(H,60,84). The predicted molar refractivity (Wildman–Crippen MR) is 307 cm³/mol. The summed E-state index contributed by atoms with van der Waals surface area (Å²) < 4.78 is 0. The molecule has 0 heterocycles. The molecule has 0 aliphatic rings. The number of carbonyl (C=O) groups excluding carboxylic acids is 6. The van der Waals surface area contributed by atoms with Crippen molar-refractivity contribution in [2.24, 2.45) is 29.6 Å². The summed E-state index contributed by atoms with van der Waals surface area (Å²) in [5, 5.41) is 198. The van der Waals surface area contributed by atoms with Crippen LogP contribution in [-0.4, -0.2) is 291 Å². The Labute approximate surface area is 501 Å². The lowest BCUT2D eigenvalue weighted by Crippen LogP contribution is -2.61. The van der Waals surface area contributed by atoms with Crippen LogP contribution in [0.5, 0.6) is 0 Å². The second-order valence-corrected chi connectivity index (χ2v) is 23.9. The lowest BCUT2D eigenvalue weighted by Gasteiger charge is -2.36. The van der Waals surface area contributed by atoms with Crippen LogP contribution in [0.3, 0.4) is 0 Å². The molecule has 0 aromatic rings. The molecule has 6 amide bonds. The minimum Gasteiger partial charge on any atom is -0.394 e. The molecule has 0 aliphatic heterocycles. The highest BCUT2D eigenvalue weighted by Crippen LogP contribution is 2.33. The molecule has 31 heteroatoms. The molecule has 24 N–H and O–H groups in total. The van der Waals surface area contributed by atoms with Gasteiger partial charge in [-0.3, -0.25) is 28.8 Å². The van der Waals surface area contributed by atoms with Gasteiger partial charge >= 0.3 is 0 Å². The van der Waals surface area contributed by atoms with E-state index in [-0.39, 0.29) is 5.75 Å². The quantitative estimate of drug-likeness (QED) is 0.0252. The highest BCUT2D eigenvalue weighted by molar-refractivity contribution is 7.99. The van der Waals surface area contributed by atoms with E-state index in [2.05, 4.69) is 38.8 Å². The number of nitrogens with one attached hydrogen (secondary N) is 6. The Hall–Kier alpha value is -3.55. The number of carbonyl (C=O) groups is 6. The topological polar surface area (TPSA) is 539 Å². The van der Waals surface area contributed by atoms with Crippen molar-refractivity contribution in [1.29, 1.82) is 0 Å². The first-order chi connectivity index (χ1) is 40.5. The summed E-state index contributed by atoms with van der Waals surface area (Å²) in [5.41, 5.74) is -12.8. The van der Waals surface area contributed by atoms with E-state index in [1.54, 1.807) is 0 Å². The van der Waals surface area contributed by atoms with E-state index in [0.717, 1.165) is 44.9 Å². The summed E-state index contributed by atoms with van der Waals surface area (Å²) in [6.07, 6.45) is 5.70. The molecule has 0 saturated carbocycles. The lowest BCUT2D eigenvalue weighted by atomic mass is 9.78. The number of hydrogen-bond donors (Lipinski definition) is 24. The molecule has 85 heavy (non-hydrogen) atoms. The van der Waals surface area contributed by atoms with Crippen LogP contribution in [0.25, 0.3) is 0 Å². The van der Waals surface area contributed by atoms with E-state index < -0.39 is 256 Å². The van der Waals surface area contributed by atoms with Gasteiger partial charge in [-0.05, 0) is 44.3 Å². The van der Waals surface area contributed by atoms with Crippen molar-refractivity contribution < 1.29 is 121 Å². The number of unbranched alkanes of at least 4 members (excludes halogenated alkanes) is 9. The predicted octanol–water partition coefficient (Wildman–Crippen LogP) is -7.95. The molecule has 5 unspecified atom stereocenters. The number of amides is 6. The minimum atomic E-state index is -2.24. The van der Waals surface area contributed by atoms with Crippen molar-refractivity contribution in [3.8, 4) is 0 Å². The molecule has 0 bridgehead atoms. The Kier molecular flexibility index (Phi) is 41.4. The average molecular weight is 1250 g/mol. The van der Waals surface area contributed by atoms with Crippen LogP contribution in [0.4, 0.5) is 0 Å². The van der Waals surface area contributed by atoms with Crippen LogP contribution < -0.4 is 31.9 Å². The maximum Gasteiger partial charge on any atom is 0.224 e. The normalized spacial score (nSPS) is 14.4. The van der Waals surface area contributed by atoms with Gasteiger partial charge in [-0.15, -0.1) is 0 Å². The highest BCUT2D eigenvalue weighted by Gasteiger charge is 2.44. The first-order valence-corrected chi connectivity index (χ1v) is 30.1. The molecule has 0 aliphatic carbocycles. The monoisotopic (exact) mass is 1250 g/mol. The van der Waals surface area contributed by atoms with Crippen LogP contribution in [0.15, 0.2) is 0 Å². The second kappa shape index (κ2) is 43.2. The van der Waals surface area contributed by atoms with Crippen molar-refractivity contribution in [2.75, 3.05) is 130 Å². The van der Waals surface area contributed by atoms with Crippen LogP contribution >= 0.6 is 11.8 Å². The van der Waals surface area contributed by atoms with E-state index in [1.807, 2.05) is 0 Å². The van der Waals surface area contributed by atoms with Gasteiger partial charge in [0.1, 0.15) is 33.2 Å². The Morgan fingerprint density at radius 3 is 0.812 bits per heavy atom. The van der Waals surface area contributed by atoms with Crippen LogP contribution in [0.2, 0.25) is 0 Å². The Morgan fingerprint density at radius 2 is 0.529 bits per heavy atom. The van der Waals surface area contributed by atoms with Crippen LogP contribution in [0, 0.1) is 29.6 Å². The van der Waals surface area contributed by atoms with Crippen molar-refractivity contribution in [1.82, 2.24) is 31.9 Å². The lowest BCUT2D eigenvalue weighted by molar-refractivity contribution is -0.136. The van der Waals surface area contributed by atoms with Gasteiger partial charge in [0.25, 0.3) is 0 Å². The van der Waals surface area contributed by atoms with Crippen molar-refractivity contribution in [3.63, 3.8) is 0 Å². The zero-order valence-corrected chi connectivity index (χ0v) is 50.1. The van der Waals surface area contributed by atoms with Gasteiger partial charge in [-0.1, -0.05) is 64.7 Å². The van der Waals surface area contributed by atoms with Gasteiger partial charge in [0.2, 0.25) is 35.4 Å². The molecule has 0 radical (unpaired) electrons. The molecule has 0 aromatic heterocycles. The fourth-order valence-corrected chi connectivity index (χ4v) is 10.1. The molecule has 500 valence electrons. The highest BCUT2D eigenvalue weighted by atomic mass is 32.2. The maximum atomic E-state index is 14.9. The Morgan fingerprint density at radius 1 is 0.306 bits per heavy atom. The number of thioether (sulfide) groups is 1. The van der Waals surface area contributed by atoms with Gasteiger partial charge in [0.05, 0.1) is 119 Å². The average Bonchev–Trinajstić information content (AvgIpc) is 3.59. The maximum absolute atomic E-state index is 14.9. The van der Waals surface area contributed by atoms with E-state index in [9.17, 15) is 121 Å². The Bertz CT molecular complexity index is 1820. The zero-order chi connectivity index (χ0) is 64.8. The minimum absolute atomic E-state index is 0.107. The van der Waals surface area contributed by atoms with Crippen LogP contribution in [-0.2, 0) is 28.8 Å². The summed E-state index contributed by atoms with van der Waals surface area (Å²) in [4.78, 5) is 86.8. The zero-order valence-electron chi connectivity index (χ0n) is 49.3. The van der Waals surface area contributed by atoms with Gasteiger partial charge in [-0.2, -0.15) is 11.8 Å². The summed E-state index contributed by atoms with van der Waals surface area (Å²) in [6.45, 7) is -17.0. The first kappa shape index (κ1) is 81.5. The van der Waals surface area contributed by atoms with Gasteiger partial charge in [0, 0.05) is 41.8 Å². The summed E-state index contributed by atoms with van der Waals surface area (Å²) in [7, 11) is 0. The van der Waals surface area contributed by atoms with Gasteiger partial charge in [-0.25, -0.2) is 0 Å². The molecule has 0 aromatic carbocycles. The second-order valence-electron chi connectivity index (χ2n) is 22.7. The Balaban J connectivity index is 8.39. The SMILES string of the molecule is CCCCCCCCCCCCSCC(CC(CC(CC(CC(CCC(=O)NC(CO)(CO)CO)C(=O)NC(CO)(CO)CO)C(=O)NC(CO)(CO)CO)C(=O)NC(CO)(CO)CO)C(=O)NC(CO)(CO)CO)C(=O)NC(CO)(CO)CO. The van der Waals surface area contributed by atoms with E-state index in [0.29, 0.717) is 12.2 Å². The van der Waals surface area contributed by atoms with Crippen molar-refractivity contribution in [2.45, 2.75) is 143 Å². The molecule has 0 rings (SSSR count). The van der Waals surface area contributed by atoms with Crippen LogP contribution in [0.1, 0.15) is 110 Å². The summed E-state index contributed by atoms with van der Waals surface area (Å²) >= 11 is 1.27. The van der Waals surface area contributed by atoms with Gasteiger partial charge < -0.3 is 124 Å². The largest absolute Gasteiger partial charge is 0.394 e. The number of rotatable bonds is 53. The molecular formula is C54H104N6O24S. The third kappa shape index (κ3) is 27.0. The first-order valence-electron chi connectivity index (χ1n) is 28.9. The number of aliphatic hydroxyl groups excluding tert-OH is 18. The molecular weight excluding hydrogens is 1150 g/mol. The number of hydrogen-bond acceptors (Lipinski definition) is 25. The van der Waals surface area contributed by atoms with E-state index in [4.69, 9.17) is 0 Å². The molecule has 0 spiro atoms. The molecule has 30 nitrogen and oxygen atoms in total. The van der Waals surface area contributed by atoms with E-state index in [1.165, 1.54) is 24.6 Å². The summed E-state index contributed by atoms with van der Waals surface area (Å²) in [5.74, 6) is -15.0. The molecule has 0 fully saturated rings. The third-order valence-corrected chi connectivity index (χ3v) is 16.8. The summed E-state index contributed by atoms with van der Waals surface area (Å²) in [6, 6.07) is 0. The third-order valence-electron chi connectivity index (χ3n) is 15.6. The fourth-order valence-electron chi connectivity index (χ4n) is 8.92. The van der Waals surface area contributed by atoms with Crippen molar-refractivity contribution >= 4 is 47.2 Å². The molecule has 0 saturated heterocycles. The van der Waals surface area contributed by atoms with E-state index >= 15 is 0 Å². The van der Waals surface area contributed by atoms with Crippen molar-refractivity contribution in [3.05, 3.63) is 0 Å². The molecule has 5 atom stereocenters. The van der Waals surface area contributed by atoms with Gasteiger partial charge in [0.15, 0.2) is 0 Å². The number of aliphatic hydroxyl groups is 18. The smallest absolute Gasteiger partial charge is 0.224 e.